The Bertz CT molecular complexity index is 285. The molecule has 0 unspecified atom stereocenters. The Morgan fingerprint density at radius 2 is 2.17 bits per heavy atom. The number of rotatable bonds is 1. The molecule has 0 N–H and O–H groups in total. The molecule has 1 aromatic rings. The smallest absolute Gasteiger partial charge is 0.239 e. The standard InChI is InChI=1S/C6H2BrClF2IN/c7-2-1-3(5(9)10)12-6(11)4(2)8/h1,5H. The van der Waals surface area contributed by atoms with Crippen LogP contribution < -0.4 is 0 Å². The topological polar surface area (TPSA) is 12.9 Å². The molecule has 0 spiro atoms. The van der Waals surface area contributed by atoms with Gasteiger partial charge in [-0.1, -0.05) is 11.6 Å². The molecule has 1 nitrogen and oxygen atoms in total. The fourth-order valence-corrected chi connectivity index (χ4v) is 2.06. The van der Waals surface area contributed by atoms with Gasteiger partial charge in [-0.05, 0) is 44.6 Å². The quantitative estimate of drug-likeness (QED) is 0.539. The summed E-state index contributed by atoms with van der Waals surface area (Å²) in [5.74, 6) is 0. The van der Waals surface area contributed by atoms with Gasteiger partial charge in [0.15, 0.2) is 0 Å². The molecular formula is C6H2BrClF2IN. The summed E-state index contributed by atoms with van der Waals surface area (Å²) in [6.45, 7) is 0. The van der Waals surface area contributed by atoms with E-state index in [2.05, 4.69) is 20.9 Å². The van der Waals surface area contributed by atoms with Crippen LogP contribution in [0.2, 0.25) is 5.02 Å². The SMILES string of the molecule is FC(F)c1cc(Br)c(Cl)c(I)n1. The molecule has 0 saturated heterocycles. The molecule has 1 heterocycles. The highest BCUT2D eigenvalue weighted by atomic mass is 127. The molecule has 1 rings (SSSR count). The van der Waals surface area contributed by atoms with Crippen molar-refractivity contribution in [3.05, 3.63) is 25.0 Å². The number of halogens is 5. The maximum atomic E-state index is 12.1. The second-order valence-electron chi connectivity index (χ2n) is 1.93. The predicted octanol–water partition coefficient (Wildman–Crippen LogP) is 4.04. The van der Waals surface area contributed by atoms with E-state index in [1.807, 2.05) is 0 Å². The van der Waals surface area contributed by atoms with Crippen molar-refractivity contribution in [1.29, 1.82) is 0 Å². The van der Waals surface area contributed by atoms with E-state index in [9.17, 15) is 8.78 Å². The van der Waals surface area contributed by atoms with Gasteiger partial charge in [0, 0.05) is 4.47 Å². The van der Waals surface area contributed by atoms with Crippen molar-refractivity contribution in [3.8, 4) is 0 Å². The highest BCUT2D eigenvalue weighted by Gasteiger charge is 2.13. The van der Waals surface area contributed by atoms with Gasteiger partial charge in [0.2, 0.25) is 0 Å². The average Bonchev–Trinajstić information content (AvgIpc) is 1.99. The fraction of sp³-hybridized carbons (Fsp3) is 0.167. The van der Waals surface area contributed by atoms with Crippen LogP contribution in [0.15, 0.2) is 10.5 Å². The summed E-state index contributed by atoms with van der Waals surface area (Å²) in [6, 6.07) is 1.22. The minimum atomic E-state index is -2.56. The van der Waals surface area contributed by atoms with Crippen molar-refractivity contribution >= 4 is 50.1 Å². The third-order valence-corrected chi connectivity index (χ3v) is 3.45. The van der Waals surface area contributed by atoms with Crippen LogP contribution in [0.4, 0.5) is 8.78 Å². The van der Waals surface area contributed by atoms with Gasteiger partial charge in [0.05, 0.1) is 5.02 Å². The number of nitrogens with zero attached hydrogens (tertiary/aromatic N) is 1. The normalized spacial score (nSPS) is 10.8. The van der Waals surface area contributed by atoms with Crippen molar-refractivity contribution in [1.82, 2.24) is 4.98 Å². The van der Waals surface area contributed by atoms with Crippen molar-refractivity contribution < 1.29 is 8.78 Å². The minimum absolute atomic E-state index is 0.268. The van der Waals surface area contributed by atoms with Gasteiger partial charge >= 0.3 is 0 Å². The van der Waals surface area contributed by atoms with E-state index < -0.39 is 6.43 Å². The van der Waals surface area contributed by atoms with E-state index in [0.717, 1.165) is 0 Å². The molecule has 0 bridgehead atoms. The molecule has 1 aromatic heterocycles. The van der Waals surface area contributed by atoms with Crippen molar-refractivity contribution in [2.24, 2.45) is 0 Å². The number of aromatic nitrogens is 1. The van der Waals surface area contributed by atoms with Crippen molar-refractivity contribution in [2.45, 2.75) is 6.43 Å². The molecule has 12 heavy (non-hydrogen) atoms. The van der Waals surface area contributed by atoms with Crippen molar-refractivity contribution in [3.63, 3.8) is 0 Å². The second kappa shape index (κ2) is 4.15. The number of pyridine rings is 1. The molecule has 0 aliphatic rings. The fourth-order valence-electron chi connectivity index (χ4n) is 0.598. The Hall–Kier alpha value is 0.510. The second-order valence-corrected chi connectivity index (χ2v) is 4.19. The molecule has 0 saturated carbocycles. The molecule has 0 atom stereocenters. The van der Waals surface area contributed by atoms with Crippen LogP contribution in [0.1, 0.15) is 12.1 Å². The molecule has 6 heteroatoms. The van der Waals surface area contributed by atoms with Gasteiger partial charge in [-0.3, -0.25) is 0 Å². The Labute approximate surface area is 94.8 Å². The summed E-state index contributed by atoms with van der Waals surface area (Å²) in [4.78, 5) is 3.61. The van der Waals surface area contributed by atoms with Crippen LogP contribution in [0.5, 0.6) is 0 Å². The lowest BCUT2D eigenvalue weighted by atomic mass is 10.4. The van der Waals surface area contributed by atoms with Gasteiger partial charge in [-0.15, -0.1) is 0 Å². The van der Waals surface area contributed by atoms with Crippen LogP contribution in [-0.4, -0.2) is 4.98 Å². The third kappa shape index (κ3) is 2.26. The van der Waals surface area contributed by atoms with Gasteiger partial charge in [-0.2, -0.15) is 0 Å². The van der Waals surface area contributed by atoms with E-state index in [1.54, 1.807) is 22.6 Å². The Morgan fingerprint density at radius 1 is 1.58 bits per heavy atom. The van der Waals surface area contributed by atoms with Gasteiger partial charge < -0.3 is 0 Å². The van der Waals surface area contributed by atoms with E-state index in [0.29, 0.717) is 13.2 Å². The van der Waals surface area contributed by atoms with Crippen LogP contribution in [0.3, 0.4) is 0 Å². The summed E-state index contributed by atoms with van der Waals surface area (Å²) in [6.07, 6.45) is -2.56. The van der Waals surface area contributed by atoms with Crippen LogP contribution in [-0.2, 0) is 0 Å². The minimum Gasteiger partial charge on any atom is -0.239 e. The molecule has 0 radical (unpaired) electrons. The largest absolute Gasteiger partial charge is 0.280 e. The summed E-state index contributed by atoms with van der Waals surface area (Å²) in [5.41, 5.74) is -0.268. The summed E-state index contributed by atoms with van der Waals surface area (Å²) < 4.78 is 25.1. The average molecular weight is 368 g/mol. The molecule has 66 valence electrons. The first kappa shape index (κ1) is 10.6. The molecule has 0 aliphatic heterocycles. The van der Waals surface area contributed by atoms with Gasteiger partial charge in [0.1, 0.15) is 9.39 Å². The summed E-state index contributed by atoms with van der Waals surface area (Å²) >= 11 is 10.6. The van der Waals surface area contributed by atoms with E-state index in [-0.39, 0.29) is 5.69 Å². The Morgan fingerprint density at radius 3 is 2.58 bits per heavy atom. The summed E-state index contributed by atoms with van der Waals surface area (Å²) in [7, 11) is 0. The molecule has 0 amide bonds. The Balaban J connectivity index is 3.21. The zero-order valence-electron chi connectivity index (χ0n) is 5.49. The maximum Gasteiger partial charge on any atom is 0.280 e. The lowest BCUT2D eigenvalue weighted by Gasteiger charge is -2.02. The summed E-state index contributed by atoms with van der Waals surface area (Å²) in [5, 5.41) is 0.361. The lowest BCUT2D eigenvalue weighted by Crippen LogP contribution is -1.93. The number of hydrogen-bond acceptors (Lipinski definition) is 1. The first-order valence-electron chi connectivity index (χ1n) is 2.82. The number of hydrogen-bond donors (Lipinski definition) is 0. The molecule has 0 aliphatic carbocycles. The molecular weight excluding hydrogens is 366 g/mol. The zero-order chi connectivity index (χ0) is 9.30. The highest BCUT2D eigenvalue weighted by molar-refractivity contribution is 14.1. The first-order chi connectivity index (χ1) is 5.52. The third-order valence-electron chi connectivity index (χ3n) is 1.12. The van der Waals surface area contributed by atoms with E-state index in [1.165, 1.54) is 6.07 Å². The number of alkyl halides is 2. The van der Waals surface area contributed by atoms with Crippen LogP contribution >= 0.6 is 50.1 Å². The van der Waals surface area contributed by atoms with Crippen molar-refractivity contribution in [2.75, 3.05) is 0 Å². The van der Waals surface area contributed by atoms with Crippen LogP contribution in [0, 0.1) is 3.70 Å². The maximum absolute atomic E-state index is 12.1. The van der Waals surface area contributed by atoms with Gasteiger partial charge in [-0.25, -0.2) is 13.8 Å². The molecule has 0 aromatic carbocycles. The molecule has 0 fully saturated rings. The van der Waals surface area contributed by atoms with Gasteiger partial charge in [0.25, 0.3) is 6.43 Å². The predicted molar refractivity (Wildman–Crippen MR) is 54.6 cm³/mol. The Kier molecular flexibility index (Phi) is 3.66. The highest BCUT2D eigenvalue weighted by Crippen LogP contribution is 2.29. The van der Waals surface area contributed by atoms with E-state index in [4.69, 9.17) is 11.6 Å². The first-order valence-corrected chi connectivity index (χ1v) is 5.07. The van der Waals surface area contributed by atoms with E-state index >= 15 is 0 Å². The lowest BCUT2D eigenvalue weighted by molar-refractivity contribution is 0.146. The van der Waals surface area contributed by atoms with Crippen LogP contribution in [0.25, 0.3) is 0 Å². The monoisotopic (exact) mass is 367 g/mol. The zero-order valence-corrected chi connectivity index (χ0v) is 9.99.